The number of aryl methyl sites for hydroxylation is 1. The molecule has 124 valence electrons. The molecule has 0 aliphatic carbocycles. The zero-order chi connectivity index (χ0) is 16.1. The predicted octanol–water partition coefficient (Wildman–Crippen LogP) is 0.966. The Morgan fingerprint density at radius 3 is 2.73 bits per heavy atom. The van der Waals surface area contributed by atoms with E-state index in [9.17, 15) is 13.6 Å². The van der Waals surface area contributed by atoms with Crippen LogP contribution in [0.25, 0.3) is 0 Å². The van der Waals surface area contributed by atoms with Crippen LogP contribution in [-0.2, 0) is 16.1 Å². The van der Waals surface area contributed by atoms with Gasteiger partial charge in [0.25, 0.3) is 6.43 Å². The highest BCUT2D eigenvalue weighted by Gasteiger charge is 2.17. The van der Waals surface area contributed by atoms with Gasteiger partial charge in [0, 0.05) is 31.4 Å². The third-order valence-corrected chi connectivity index (χ3v) is 3.56. The second kappa shape index (κ2) is 7.64. The predicted molar refractivity (Wildman–Crippen MR) is 76.8 cm³/mol. The first-order valence-corrected chi connectivity index (χ1v) is 7.37. The molecule has 0 spiro atoms. The van der Waals surface area contributed by atoms with Gasteiger partial charge >= 0.3 is 0 Å². The highest BCUT2D eigenvalue weighted by molar-refractivity contribution is 5.76. The van der Waals surface area contributed by atoms with Gasteiger partial charge in [-0.2, -0.15) is 5.10 Å². The van der Waals surface area contributed by atoms with Crippen LogP contribution in [0.1, 0.15) is 24.7 Å². The van der Waals surface area contributed by atoms with Gasteiger partial charge in [-0.05, 0) is 19.9 Å². The van der Waals surface area contributed by atoms with E-state index >= 15 is 0 Å². The van der Waals surface area contributed by atoms with E-state index in [2.05, 4.69) is 15.3 Å². The molecule has 1 saturated heterocycles. The highest BCUT2D eigenvalue weighted by Crippen LogP contribution is 2.17. The minimum atomic E-state index is -2.62. The molecule has 8 heteroatoms. The quantitative estimate of drug-likeness (QED) is 0.849. The summed E-state index contributed by atoms with van der Waals surface area (Å²) in [6, 6.07) is 1.28. The highest BCUT2D eigenvalue weighted by atomic mass is 19.3. The summed E-state index contributed by atoms with van der Waals surface area (Å²) in [7, 11) is 0. The number of amides is 1. The van der Waals surface area contributed by atoms with Gasteiger partial charge in [-0.25, -0.2) is 8.78 Å². The van der Waals surface area contributed by atoms with E-state index in [0.29, 0.717) is 18.9 Å². The molecule has 1 atom stereocenters. The van der Waals surface area contributed by atoms with Crippen LogP contribution in [0.3, 0.4) is 0 Å². The number of aromatic nitrogens is 2. The van der Waals surface area contributed by atoms with E-state index in [0.717, 1.165) is 19.6 Å². The second-order valence-electron chi connectivity index (χ2n) is 5.55. The van der Waals surface area contributed by atoms with Gasteiger partial charge in [0.15, 0.2) is 0 Å². The lowest BCUT2D eigenvalue weighted by atomic mass is 10.3. The zero-order valence-corrected chi connectivity index (χ0v) is 12.9. The summed E-state index contributed by atoms with van der Waals surface area (Å²) < 4.78 is 31.7. The second-order valence-corrected chi connectivity index (χ2v) is 5.55. The molecule has 1 aliphatic rings. The molecule has 0 radical (unpaired) electrons. The fraction of sp³-hybridized carbons (Fsp3) is 0.714. The Morgan fingerprint density at radius 2 is 2.14 bits per heavy atom. The fourth-order valence-corrected chi connectivity index (χ4v) is 2.48. The third-order valence-electron chi connectivity index (χ3n) is 3.56. The van der Waals surface area contributed by atoms with Gasteiger partial charge in [0.05, 0.1) is 13.2 Å². The lowest BCUT2D eigenvalue weighted by Crippen LogP contribution is -2.46. The summed E-state index contributed by atoms with van der Waals surface area (Å²) in [6.45, 7) is 7.41. The number of rotatable bonds is 6. The van der Waals surface area contributed by atoms with Crippen molar-refractivity contribution in [1.82, 2.24) is 20.0 Å². The first-order chi connectivity index (χ1) is 10.5. The summed E-state index contributed by atoms with van der Waals surface area (Å²) in [5.41, 5.74) is 0.248. The lowest BCUT2D eigenvalue weighted by molar-refractivity contribution is -0.122. The Kier molecular flexibility index (Phi) is 5.84. The molecular weight excluding hydrogens is 294 g/mol. The van der Waals surface area contributed by atoms with Gasteiger partial charge in [-0.3, -0.25) is 14.4 Å². The average Bonchev–Trinajstić information content (AvgIpc) is 2.81. The van der Waals surface area contributed by atoms with Crippen LogP contribution < -0.4 is 5.32 Å². The molecule has 6 nitrogen and oxygen atoms in total. The molecule has 0 bridgehead atoms. The normalized spacial score (nSPS) is 17.7. The van der Waals surface area contributed by atoms with Crippen LogP contribution in [0, 0.1) is 6.92 Å². The Morgan fingerprint density at radius 1 is 1.45 bits per heavy atom. The molecule has 1 aliphatic heterocycles. The molecule has 2 rings (SSSR count). The number of alkyl halides is 2. The summed E-state index contributed by atoms with van der Waals surface area (Å²) >= 11 is 0. The molecule has 0 saturated carbocycles. The molecule has 1 unspecified atom stereocenters. The van der Waals surface area contributed by atoms with E-state index in [1.54, 1.807) is 6.92 Å². The molecule has 1 aromatic heterocycles. The molecule has 1 fully saturated rings. The van der Waals surface area contributed by atoms with Crippen molar-refractivity contribution in [3.05, 3.63) is 17.5 Å². The number of halogens is 2. The standard InChI is InChI=1S/C14H22F2N4O2/c1-10(8-19-3-5-22-6-4-19)17-13(21)9-20-11(2)7-12(18-20)14(15)16/h7,10,14H,3-6,8-9H2,1-2H3,(H,17,21). The average molecular weight is 316 g/mol. The zero-order valence-electron chi connectivity index (χ0n) is 12.9. The molecular formula is C14H22F2N4O2. The first kappa shape index (κ1) is 16.8. The van der Waals surface area contributed by atoms with E-state index in [1.807, 2.05) is 6.92 Å². The van der Waals surface area contributed by atoms with Crippen molar-refractivity contribution in [3.8, 4) is 0 Å². The number of hydrogen-bond acceptors (Lipinski definition) is 4. The number of nitrogens with one attached hydrogen (secondary N) is 1. The summed E-state index contributed by atoms with van der Waals surface area (Å²) in [6.07, 6.45) is -2.62. The SMILES string of the molecule is Cc1cc(C(F)F)nn1CC(=O)NC(C)CN1CCOCC1. The topological polar surface area (TPSA) is 59.4 Å². The van der Waals surface area contributed by atoms with Crippen LogP contribution in [0.2, 0.25) is 0 Å². The van der Waals surface area contributed by atoms with Crippen LogP contribution in [0.5, 0.6) is 0 Å². The van der Waals surface area contributed by atoms with Crippen molar-refractivity contribution < 1.29 is 18.3 Å². The Balaban J connectivity index is 1.81. The van der Waals surface area contributed by atoms with Gasteiger partial charge in [-0.15, -0.1) is 0 Å². The molecule has 1 aromatic rings. The number of carbonyl (C=O) groups is 1. The maximum Gasteiger partial charge on any atom is 0.282 e. The van der Waals surface area contributed by atoms with Gasteiger partial charge in [0.2, 0.25) is 5.91 Å². The van der Waals surface area contributed by atoms with Crippen molar-refractivity contribution in [2.75, 3.05) is 32.8 Å². The van der Waals surface area contributed by atoms with E-state index in [-0.39, 0.29) is 24.2 Å². The van der Waals surface area contributed by atoms with Crippen molar-refractivity contribution in [1.29, 1.82) is 0 Å². The fourth-order valence-electron chi connectivity index (χ4n) is 2.48. The molecule has 2 heterocycles. The van der Waals surface area contributed by atoms with Crippen molar-refractivity contribution in [2.24, 2.45) is 0 Å². The molecule has 1 N–H and O–H groups in total. The maximum absolute atomic E-state index is 12.6. The number of morpholine rings is 1. The largest absolute Gasteiger partial charge is 0.379 e. The van der Waals surface area contributed by atoms with Crippen LogP contribution in [-0.4, -0.2) is 59.5 Å². The number of carbonyl (C=O) groups excluding carboxylic acids is 1. The van der Waals surface area contributed by atoms with E-state index in [4.69, 9.17) is 4.74 Å². The minimum absolute atomic E-state index is 0.0176. The van der Waals surface area contributed by atoms with Gasteiger partial charge < -0.3 is 10.1 Å². The summed E-state index contributed by atoms with van der Waals surface area (Å²) in [5.74, 6) is -0.229. The molecule has 0 aromatic carbocycles. The Labute approximate surface area is 128 Å². The van der Waals surface area contributed by atoms with Gasteiger partial charge in [0.1, 0.15) is 12.2 Å². The van der Waals surface area contributed by atoms with Crippen molar-refractivity contribution >= 4 is 5.91 Å². The monoisotopic (exact) mass is 316 g/mol. The van der Waals surface area contributed by atoms with Crippen molar-refractivity contribution in [2.45, 2.75) is 32.9 Å². The Hall–Kier alpha value is -1.54. The molecule has 1 amide bonds. The van der Waals surface area contributed by atoms with E-state index in [1.165, 1.54) is 10.7 Å². The van der Waals surface area contributed by atoms with E-state index < -0.39 is 6.43 Å². The van der Waals surface area contributed by atoms with Crippen molar-refractivity contribution in [3.63, 3.8) is 0 Å². The number of hydrogen-bond donors (Lipinski definition) is 1. The number of nitrogens with zero attached hydrogens (tertiary/aromatic N) is 3. The van der Waals surface area contributed by atoms with Crippen LogP contribution in [0.4, 0.5) is 8.78 Å². The smallest absolute Gasteiger partial charge is 0.282 e. The maximum atomic E-state index is 12.6. The summed E-state index contributed by atoms with van der Waals surface area (Å²) in [5, 5.41) is 6.62. The minimum Gasteiger partial charge on any atom is -0.379 e. The molecule has 22 heavy (non-hydrogen) atoms. The summed E-state index contributed by atoms with van der Waals surface area (Å²) in [4.78, 5) is 14.2. The Bertz CT molecular complexity index is 501. The lowest BCUT2D eigenvalue weighted by Gasteiger charge is -2.29. The third kappa shape index (κ3) is 4.74. The van der Waals surface area contributed by atoms with Crippen LogP contribution in [0.15, 0.2) is 6.07 Å². The first-order valence-electron chi connectivity index (χ1n) is 7.37. The number of ether oxygens (including phenoxy) is 1. The van der Waals surface area contributed by atoms with Crippen LogP contribution >= 0.6 is 0 Å². The van der Waals surface area contributed by atoms with Gasteiger partial charge in [-0.1, -0.05) is 0 Å².